The van der Waals surface area contributed by atoms with E-state index in [1.807, 2.05) is 12.1 Å². The highest BCUT2D eigenvalue weighted by atomic mass is 16.5. The monoisotopic (exact) mass is 375 g/mol. The molecule has 1 saturated heterocycles. The van der Waals surface area contributed by atoms with Crippen LogP contribution in [0.2, 0.25) is 0 Å². The first-order valence-corrected chi connectivity index (χ1v) is 10.8. The highest BCUT2D eigenvalue weighted by Gasteiger charge is 2.23. The molecular formula is C23H37NO3. The van der Waals surface area contributed by atoms with E-state index in [0.29, 0.717) is 24.3 Å². The third-order valence-corrected chi connectivity index (χ3v) is 5.53. The minimum atomic E-state index is -0.246. The molecule has 2 unspecified atom stereocenters. The van der Waals surface area contributed by atoms with Gasteiger partial charge < -0.3 is 9.47 Å². The molecule has 1 fully saturated rings. The zero-order valence-electron chi connectivity index (χ0n) is 17.4. The molecule has 0 saturated carbocycles. The molecule has 0 radical (unpaired) electrons. The number of benzene rings is 1. The van der Waals surface area contributed by atoms with Crippen molar-refractivity contribution in [3.8, 4) is 5.75 Å². The number of ether oxygens (including phenoxy) is 2. The molecule has 152 valence electrons. The van der Waals surface area contributed by atoms with Crippen molar-refractivity contribution in [2.75, 3.05) is 19.8 Å². The zero-order valence-corrected chi connectivity index (χ0v) is 17.4. The number of rotatable bonds is 11. The van der Waals surface area contributed by atoms with Gasteiger partial charge in [-0.2, -0.15) is 0 Å². The van der Waals surface area contributed by atoms with E-state index in [9.17, 15) is 4.79 Å². The van der Waals surface area contributed by atoms with Crippen LogP contribution in [0.4, 0.5) is 0 Å². The first kappa shape index (κ1) is 21.7. The number of carbonyl (C=O) groups is 1. The van der Waals surface area contributed by atoms with Crippen LogP contribution < -0.4 is 4.74 Å². The first-order valence-electron chi connectivity index (χ1n) is 10.8. The van der Waals surface area contributed by atoms with Crippen molar-refractivity contribution in [2.24, 2.45) is 0 Å². The van der Waals surface area contributed by atoms with Gasteiger partial charge in [-0.05, 0) is 63.8 Å². The molecule has 1 aromatic rings. The third-order valence-electron chi connectivity index (χ3n) is 5.53. The molecule has 0 amide bonds. The Morgan fingerprint density at radius 3 is 2.37 bits per heavy atom. The van der Waals surface area contributed by atoms with Gasteiger partial charge >= 0.3 is 5.97 Å². The molecule has 1 aliphatic heterocycles. The van der Waals surface area contributed by atoms with E-state index in [1.165, 1.54) is 38.5 Å². The Hall–Kier alpha value is -1.55. The Morgan fingerprint density at radius 2 is 1.70 bits per heavy atom. The van der Waals surface area contributed by atoms with E-state index in [2.05, 4.69) is 25.7 Å². The minimum Gasteiger partial charge on any atom is -0.494 e. The number of carbonyl (C=O) groups excluding carboxylic acids is 1. The highest BCUT2D eigenvalue weighted by molar-refractivity contribution is 5.89. The Labute approximate surface area is 165 Å². The first-order chi connectivity index (χ1) is 13.1. The summed E-state index contributed by atoms with van der Waals surface area (Å²) in [6.07, 6.45) is 9.53. The lowest BCUT2D eigenvalue weighted by molar-refractivity contribution is 0.0450. The average molecular weight is 376 g/mol. The lowest BCUT2D eigenvalue weighted by Crippen LogP contribution is -2.44. The summed E-state index contributed by atoms with van der Waals surface area (Å²) < 4.78 is 11.2. The predicted octanol–water partition coefficient (Wildman–Crippen LogP) is 5.46. The van der Waals surface area contributed by atoms with E-state index < -0.39 is 0 Å². The molecule has 0 aliphatic carbocycles. The van der Waals surface area contributed by atoms with Gasteiger partial charge in [-0.1, -0.05) is 32.6 Å². The number of nitrogens with zero attached hydrogens (tertiary/aromatic N) is 1. The van der Waals surface area contributed by atoms with Crippen molar-refractivity contribution in [2.45, 2.75) is 84.2 Å². The van der Waals surface area contributed by atoms with Crippen molar-refractivity contribution in [1.82, 2.24) is 4.90 Å². The Morgan fingerprint density at radius 1 is 1.00 bits per heavy atom. The number of unbranched alkanes of at least 4 members (excludes halogenated alkanes) is 3. The number of likely N-dealkylation sites (tertiary alicyclic amines) is 1. The molecule has 1 aromatic carbocycles. The van der Waals surface area contributed by atoms with Gasteiger partial charge in [0.2, 0.25) is 0 Å². The van der Waals surface area contributed by atoms with Gasteiger partial charge in [-0.15, -0.1) is 0 Å². The molecule has 2 atom stereocenters. The number of hydrogen-bond donors (Lipinski definition) is 0. The van der Waals surface area contributed by atoms with E-state index in [4.69, 9.17) is 9.47 Å². The second kappa shape index (κ2) is 12.0. The minimum absolute atomic E-state index is 0.246. The summed E-state index contributed by atoms with van der Waals surface area (Å²) in [5.74, 6) is 0.570. The fourth-order valence-corrected chi connectivity index (χ4v) is 3.82. The van der Waals surface area contributed by atoms with Crippen LogP contribution >= 0.6 is 0 Å². The number of esters is 1. The summed E-state index contributed by atoms with van der Waals surface area (Å²) in [5.41, 5.74) is 0.591. The van der Waals surface area contributed by atoms with Crippen LogP contribution in [-0.4, -0.2) is 42.7 Å². The van der Waals surface area contributed by atoms with Gasteiger partial charge in [0.25, 0.3) is 0 Å². The predicted molar refractivity (Wildman–Crippen MR) is 110 cm³/mol. The van der Waals surface area contributed by atoms with E-state index >= 15 is 0 Å². The van der Waals surface area contributed by atoms with Crippen LogP contribution in [0.5, 0.6) is 5.75 Å². The molecule has 0 aromatic heterocycles. The SMILES string of the molecule is CCCCCCOc1ccc(C(=O)OCCCN2C(C)CCCC2C)cc1. The van der Waals surface area contributed by atoms with Crippen LogP contribution in [-0.2, 0) is 4.74 Å². The van der Waals surface area contributed by atoms with Gasteiger partial charge in [0.15, 0.2) is 0 Å². The third kappa shape index (κ3) is 7.53. The standard InChI is InChI=1S/C23H37NO3/c1-4-5-6-7-17-26-22-14-12-21(13-15-22)23(25)27-18-9-16-24-19(2)10-8-11-20(24)3/h12-15,19-20H,4-11,16-18H2,1-3H3. The van der Waals surface area contributed by atoms with Crippen molar-refractivity contribution >= 4 is 5.97 Å². The maximum Gasteiger partial charge on any atom is 0.338 e. The summed E-state index contributed by atoms with van der Waals surface area (Å²) in [6.45, 7) is 9.01. The Balaban J connectivity index is 1.65. The number of piperidine rings is 1. The maximum atomic E-state index is 12.2. The van der Waals surface area contributed by atoms with Crippen molar-refractivity contribution < 1.29 is 14.3 Å². The van der Waals surface area contributed by atoms with Crippen molar-refractivity contribution in [1.29, 1.82) is 0 Å². The molecule has 4 heteroatoms. The normalized spacial score (nSPS) is 20.4. The molecule has 27 heavy (non-hydrogen) atoms. The van der Waals surface area contributed by atoms with Crippen molar-refractivity contribution in [3.05, 3.63) is 29.8 Å². The second-order valence-electron chi connectivity index (χ2n) is 7.79. The topological polar surface area (TPSA) is 38.8 Å². The summed E-state index contributed by atoms with van der Waals surface area (Å²) in [4.78, 5) is 14.7. The largest absolute Gasteiger partial charge is 0.494 e. The lowest BCUT2D eigenvalue weighted by Gasteiger charge is -2.38. The molecule has 1 aliphatic rings. The number of hydrogen-bond acceptors (Lipinski definition) is 4. The van der Waals surface area contributed by atoms with Crippen LogP contribution in [0, 0.1) is 0 Å². The van der Waals surface area contributed by atoms with E-state index in [0.717, 1.165) is 31.7 Å². The molecule has 0 spiro atoms. The van der Waals surface area contributed by atoms with Gasteiger partial charge in [-0.3, -0.25) is 4.90 Å². The summed E-state index contributed by atoms with van der Waals surface area (Å²) in [5, 5.41) is 0. The van der Waals surface area contributed by atoms with Gasteiger partial charge in [-0.25, -0.2) is 4.79 Å². The van der Waals surface area contributed by atoms with Gasteiger partial charge in [0.05, 0.1) is 18.8 Å². The molecule has 2 rings (SSSR count). The lowest BCUT2D eigenvalue weighted by atomic mass is 9.97. The van der Waals surface area contributed by atoms with E-state index in [1.54, 1.807) is 12.1 Å². The Bertz CT molecular complexity index is 533. The zero-order chi connectivity index (χ0) is 19.5. The quantitative estimate of drug-likeness (QED) is 0.380. The fourth-order valence-electron chi connectivity index (χ4n) is 3.82. The molecule has 4 nitrogen and oxygen atoms in total. The second-order valence-corrected chi connectivity index (χ2v) is 7.79. The molecule has 0 bridgehead atoms. The smallest absolute Gasteiger partial charge is 0.338 e. The van der Waals surface area contributed by atoms with Gasteiger partial charge in [0, 0.05) is 18.6 Å². The molecule has 1 heterocycles. The Kier molecular flexibility index (Phi) is 9.68. The van der Waals surface area contributed by atoms with Crippen LogP contribution in [0.3, 0.4) is 0 Å². The fraction of sp³-hybridized carbons (Fsp3) is 0.696. The summed E-state index contributed by atoms with van der Waals surface area (Å²) in [7, 11) is 0. The molecule has 0 N–H and O–H groups in total. The van der Waals surface area contributed by atoms with Gasteiger partial charge in [0.1, 0.15) is 5.75 Å². The maximum absolute atomic E-state index is 12.2. The van der Waals surface area contributed by atoms with Crippen LogP contribution in [0.25, 0.3) is 0 Å². The average Bonchev–Trinajstić information content (AvgIpc) is 2.67. The molecular weight excluding hydrogens is 338 g/mol. The summed E-state index contributed by atoms with van der Waals surface area (Å²) in [6, 6.07) is 8.57. The van der Waals surface area contributed by atoms with Crippen molar-refractivity contribution in [3.63, 3.8) is 0 Å². The summed E-state index contributed by atoms with van der Waals surface area (Å²) >= 11 is 0. The van der Waals surface area contributed by atoms with Crippen LogP contribution in [0.1, 0.15) is 82.5 Å². The van der Waals surface area contributed by atoms with E-state index in [-0.39, 0.29) is 5.97 Å². The van der Waals surface area contributed by atoms with Crippen LogP contribution in [0.15, 0.2) is 24.3 Å². The highest BCUT2D eigenvalue weighted by Crippen LogP contribution is 2.22.